The molecule has 2 aromatic rings. The molecule has 0 aromatic heterocycles. The van der Waals surface area contributed by atoms with Crippen molar-refractivity contribution in [2.24, 2.45) is 0 Å². The highest BCUT2D eigenvalue weighted by Crippen LogP contribution is 2.24. The first kappa shape index (κ1) is 15.6. The zero-order valence-corrected chi connectivity index (χ0v) is 12.5. The van der Waals surface area contributed by atoms with Crippen molar-refractivity contribution in [1.82, 2.24) is 5.32 Å². The molecule has 1 unspecified atom stereocenters. The molecular formula is C18H21F2N. The largest absolute Gasteiger partial charge is 0.316 e. The second kappa shape index (κ2) is 7.32. The quantitative estimate of drug-likeness (QED) is 0.840. The second-order valence-electron chi connectivity index (χ2n) is 5.31. The molecule has 0 amide bonds. The lowest BCUT2D eigenvalue weighted by Crippen LogP contribution is -2.23. The van der Waals surface area contributed by atoms with Crippen molar-refractivity contribution in [2.75, 3.05) is 13.1 Å². The van der Waals surface area contributed by atoms with Gasteiger partial charge in [-0.3, -0.25) is 0 Å². The van der Waals surface area contributed by atoms with Crippen LogP contribution in [-0.4, -0.2) is 13.1 Å². The summed E-state index contributed by atoms with van der Waals surface area (Å²) in [7, 11) is 0. The summed E-state index contributed by atoms with van der Waals surface area (Å²) in [4.78, 5) is 0. The third-order valence-electron chi connectivity index (χ3n) is 3.74. The summed E-state index contributed by atoms with van der Waals surface area (Å²) in [5.41, 5.74) is 3.30. The molecule has 0 aliphatic heterocycles. The maximum Gasteiger partial charge on any atom is 0.159 e. The van der Waals surface area contributed by atoms with E-state index in [1.165, 1.54) is 23.3 Å². The summed E-state index contributed by atoms with van der Waals surface area (Å²) in [6.45, 7) is 5.85. The maximum atomic E-state index is 13.4. The molecule has 112 valence electrons. The molecule has 2 aromatic carbocycles. The Morgan fingerprint density at radius 3 is 2.48 bits per heavy atom. The van der Waals surface area contributed by atoms with Crippen LogP contribution in [0.3, 0.4) is 0 Å². The van der Waals surface area contributed by atoms with Crippen LogP contribution in [0, 0.1) is 18.6 Å². The predicted molar refractivity (Wildman–Crippen MR) is 82.5 cm³/mol. The average Bonchev–Trinajstić information content (AvgIpc) is 2.48. The highest BCUT2D eigenvalue weighted by Gasteiger charge is 2.15. The van der Waals surface area contributed by atoms with Crippen molar-refractivity contribution in [3.63, 3.8) is 0 Å². The SMILES string of the molecule is CCNCC(Cc1ccc(F)c(F)c1)c1ccccc1C. The second-order valence-corrected chi connectivity index (χ2v) is 5.31. The van der Waals surface area contributed by atoms with Gasteiger partial charge in [0.15, 0.2) is 11.6 Å². The molecule has 0 saturated heterocycles. The molecule has 1 nitrogen and oxygen atoms in total. The number of hydrogen-bond acceptors (Lipinski definition) is 1. The van der Waals surface area contributed by atoms with Crippen molar-refractivity contribution < 1.29 is 8.78 Å². The molecule has 0 bridgehead atoms. The maximum absolute atomic E-state index is 13.4. The van der Waals surface area contributed by atoms with Crippen LogP contribution in [0.4, 0.5) is 8.78 Å². The fourth-order valence-corrected chi connectivity index (χ4v) is 2.61. The van der Waals surface area contributed by atoms with E-state index in [0.717, 1.165) is 18.7 Å². The van der Waals surface area contributed by atoms with Gasteiger partial charge in [-0.15, -0.1) is 0 Å². The van der Waals surface area contributed by atoms with Crippen LogP contribution in [0.15, 0.2) is 42.5 Å². The van der Waals surface area contributed by atoms with Gasteiger partial charge in [0, 0.05) is 12.5 Å². The molecule has 21 heavy (non-hydrogen) atoms. The monoisotopic (exact) mass is 289 g/mol. The normalized spacial score (nSPS) is 12.4. The Balaban J connectivity index is 2.24. The van der Waals surface area contributed by atoms with Gasteiger partial charge in [0.05, 0.1) is 0 Å². The highest BCUT2D eigenvalue weighted by atomic mass is 19.2. The van der Waals surface area contributed by atoms with Crippen LogP contribution < -0.4 is 5.32 Å². The molecule has 0 fully saturated rings. The lowest BCUT2D eigenvalue weighted by atomic mass is 9.89. The minimum absolute atomic E-state index is 0.246. The first-order valence-corrected chi connectivity index (χ1v) is 7.32. The first-order valence-electron chi connectivity index (χ1n) is 7.32. The van der Waals surface area contributed by atoms with Gasteiger partial charge in [0.2, 0.25) is 0 Å². The van der Waals surface area contributed by atoms with Crippen LogP contribution in [0.5, 0.6) is 0 Å². The molecule has 0 radical (unpaired) electrons. The molecule has 0 aliphatic carbocycles. The van der Waals surface area contributed by atoms with Crippen molar-refractivity contribution in [1.29, 1.82) is 0 Å². The van der Waals surface area contributed by atoms with E-state index in [4.69, 9.17) is 0 Å². The van der Waals surface area contributed by atoms with E-state index >= 15 is 0 Å². The lowest BCUT2D eigenvalue weighted by Gasteiger charge is -2.20. The van der Waals surface area contributed by atoms with Crippen LogP contribution in [-0.2, 0) is 6.42 Å². The Bertz CT molecular complexity index is 596. The third kappa shape index (κ3) is 4.11. The van der Waals surface area contributed by atoms with Crippen molar-refractivity contribution in [3.8, 4) is 0 Å². The van der Waals surface area contributed by atoms with Gasteiger partial charge in [0.25, 0.3) is 0 Å². The minimum atomic E-state index is -0.794. The molecule has 0 heterocycles. The zero-order chi connectivity index (χ0) is 15.2. The summed E-state index contributed by atoms with van der Waals surface area (Å²) in [6, 6.07) is 12.4. The Kier molecular flexibility index (Phi) is 5.45. The smallest absolute Gasteiger partial charge is 0.159 e. The van der Waals surface area contributed by atoms with Gasteiger partial charge in [-0.05, 0) is 48.7 Å². The minimum Gasteiger partial charge on any atom is -0.316 e. The average molecular weight is 289 g/mol. The molecule has 2 rings (SSSR count). The standard InChI is InChI=1S/C18H21F2N/c1-3-21-12-15(16-7-5-4-6-13(16)2)10-14-8-9-17(19)18(20)11-14/h4-9,11,15,21H,3,10,12H2,1-2H3. The highest BCUT2D eigenvalue weighted by molar-refractivity contribution is 5.31. The Morgan fingerprint density at radius 2 is 1.81 bits per heavy atom. The molecule has 0 spiro atoms. The Morgan fingerprint density at radius 1 is 1.05 bits per heavy atom. The van der Waals surface area contributed by atoms with Crippen molar-refractivity contribution >= 4 is 0 Å². The summed E-state index contributed by atoms with van der Waals surface area (Å²) in [5, 5.41) is 3.35. The fourth-order valence-electron chi connectivity index (χ4n) is 2.61. The summed E-state index contributed by atoms with van der Waals surface area (Å²) >= 11 is 0. The fraction of sp³-hybridized carbons (Fsp3) is 0.333. The zero-order valence-electron chi connectivity index (χ0n) is 12.5. The van der Waals surface area contributed by atoms with Crippen molar-refractivity contribution in [2.45, 2.75) is 26.2 Å². The van der Waals surface area contributed by atoms with E-state index in [1.807, 2.05) is 12.1 Å². The van der Waals surface area contributed by atoms with Crippen LogP contribution in [0.2, 0.25) is 0 Å². The Labute approximate surface area is 125 Å². The lowest BCUT2D eigenvalue weighted by molar-refractivity contribution is 0.505. The molecule has 1 atom stereocenters. The molecule has 1 N–H and O–H groups in total. The number of rotatable bonds is 6. The molecule has 3 heteroatoms. The van der Waals surface area contributed by atoms with E-state index < -0.39 is 11.6 Å². The van der Waals surface area contributed by atoms with Gasteiger partial charge < -0.3 is 5.32 Å². The van der Waals surface area contributed by atoms with Crippen molar-refractivity contribution in [3.05, 3.63) is 70.8 Å². The number of nitrogens with one attached hydrogen (secondary N) is 1. The van der Waals surface area contributed by atoms with Gasteiger partial charge in [-0.1, -0.05) is 37.3 Å². The van der Waals surface area contributed by atoms with Gasteiger partial charge in [-0.25, -0.2) is 8.78 Å². The number of benzene rings is 2. The number of halogens is 2. The van der Waals surface area contributed by atoms with E-state index in [-0.39, 0.29) is 5.92 Å². The number of aryl methyl sites for hydroxylation is 1. The van der Waals surface area contributed by atoms with E-state index in [9.17, 15) is 8.78 Å². The van der Waals surface area contributed by atoms with E-state index in [0.29, 0.717) is 6.42 Å². The third-order valence-corrected chi connectivity index (χ3v) is 3.74. The molecular weight excluding hydrogens is 268 g/mol. The van der Waals surface area contributed by atoms with Crippen LogP contribution in [0.25, 0.3) is 0 Å². The molecule has 0 saturated carbocycles. The van der Waals surface area contributed by atoms with E-state index in [2.05, 4.69) is 31.3 Å². The first-order chi connectivity index (χ1) is 10.1. The number of likely N-dealkylation sites (N-methyl/N-ethyl adjacent to an activating group) is 1. The van der Waals surface area contributed by atoms with Gasteiger partial charge in [-0.2, -0.15) is 0 Å². The predicted octanol–water partition coefficient (Wildman–Crippen LogP) is 4.21. The summed E-state index contributed by atoms with van der Waals surface area (Å²) < 4.78 is 26.4. The van der Waals surface area contributed by atoms with Crippen LogP contribution >= 0.6 is 0 Å². The summed E-state index contributed by atoms with van der Waals surface area (Å²) in [5.74, 6) is -1.33. The van der Waals surface area contributed by atoms with E-state index in [1.54, 1.807) is 6.07 Å². The summed E-state index contributed by atoms with van der Waals surface area (Å²) in [6.07, 6.45) is 0.690. The topological polar surface area (TPSA) is 12.0 Å². The van der Waals surface area contributed by atoms with Gasteiger partial charge >= 0.3 is 0 Å². The van der Waals surface area contributed by atoms with Crippen LogP contribution in [0.1, 0.15) is 29.5 Å². The van der Waals surface area contributed by atoms with Gasteiger partial charge in [0.1, 0.15) is 0 Å². The Hall–Kier alpha value is -1.74. The number of hydrogen-bond donors (Lipinski definition) is 1. The molecule has 0 aliphatic rings.